The first-order valence-corrected chi connectivity index (χ1v) is 11.4. The third kappa shape index (κ3) is 4.50. The van der Waals surface area contributed by atoms with E-state index in [0.717, 1.165) is 18.2 Å². The summed E-state index contributed by atoms with van der Waals surface area (Å²) in [4.78, 5) is 16.2. The number of alkyl halides is 3. The van der Waals surface area contributed by atoms with Gasteiger partial charge in [-0.3, -0.25) is 0 Å². The van der Waals surface area contributed by atoms with E-state index in [1.54, 1.807) is 27.7 Å². The molecule has 0 saturated heterocycles. The molecule has 2 heterocycles. The van der Waals surface area contributed by atoms with E-state index >= 15 is 0 Å². The van der Waals surface area contributed by atoms with Gasteiger partial charge in [-0.1, -0.05) is 0 Å². The van der Waals surface area contributed by atoms with Crippen LogP contribution >= 0.6 is 0 Å². The van der Waals surface area contributed by atoms with Crippen LogP contribution in [0.4, 0.5) is 22.4 Å². The van der Waals surface area contributed by atoms with Crippen molar-refractivity contribution in [3.8, 4) is 17.0 Å². The number of amides is 1. The van der Waals surface area contributed by atoms with E-state index in [4.69, 9.17) is 9.47 Å². The Hall–Kier alpha value is -2.92. The summed E-state index contributed by atoms with van der Waals surface area (Å²) < 4.78 is 67.4. The predicted molar refractivity (Wildman–Crippen MR) is 121 cm³/mol. The molecule has 1 fully saturated rings. The molecule has 0 bridgehead atoms. The third-order valence-electron chi connectivity index (χ3n) is 6.72. The Morgan fingerprint density at radius 2 is 1.81 bits per heavy atom. The minimum Gasteiger partial charge on any atom is -0.490 e. The molecule has 1 saturated carbocycles. The average Bonchev–Trinajstić information content (AvgIpc) is 3.43. The van der Waals surface area contributed by atoms with Gasteiger partial charge in [0.1, 0.15) is 29.5 Å². The zero-order valence-corrected chi connectivity index (χ0v) is 20.3. The van der Waals surface area contributed by atoms with Crippen LogP contribution in [0.25, 0.3) is 11.3 Å². The van der Waals surface area contributed by atoms with E-state index in [-0.39, 0.29) is 29.2 Å². The molecule has 0 spiro atoms. The van der Waals surface area contributed by atoms with Crippen LogP contribution in [0, 0.1) is 5.82 Å². The number of pyridine rings is 1. The normalized spacial score (nSPS) is 22.3. The number of rotatable bonds is 5. The molecule has 4 rings (SSSR count). The van der Waals surface area contributed by atoms with Crippen LogP contribution in [0.15, 0.2) is 30.3 Å². The average molecular weight is 513 g/mol. The third-order valence-corrected chi connectivity index (χ3v) is 6.72. The highest BCUT2D eigenvalue weighted by Gasteiger charge is 2.62. The zero-order chi connectivity index (χ0) is 26.7. The van der Waals surface area contributed by atoms with E-state index in [9.17, 15) is 32.6 Å². The van der Waals surface area contributed by atoms with Crippen molar-refractivity contribution in [2.24, 2.45) is 0 Å². The second-order valence-electron chi connectivity index (χ2n) is 10.6. The number of carbonyl (C=O) groups is 1. The number of nitrogens with zero attached hydrogens (tertiary/aromatic N) is 1. The zero-order valence-electron chi connectivity index (χ0n) is 20.3. The Morgan fingerprint density at radius 1 is 1.19 bits per heavy atom. The Kier molecular flexibility index (Phi) is 6.03. The molecular formula is C25H28F4N2O5. The maximum absolute atomic E-state index is 14.3. The fourth-order valence-electron chi connectivity index (χ4n) is 4.30. The smallest absolute Gasteiger partial charge is 0.424 e. The van der Waals surface area contributed by atoms with Crippen LogP contribution in [-0.2, 0) is 15.8 Å². The second kappa shape index (κ2) is 8.31. The van der Waals surface area contributed by atoms with Crippen molar-refractivity contribution in [1.82, 2.24) is 10.3 Å². The maximum atomic E-state index is 14.3. The highest BCUT2D eigenvalue weighted by molar-refractivity contribution is 5.72. The standard InChI is InChI=1S/C25H28F4N2O5/c1-21(2,3)36-20(32)30-12-24(34,25(27,28)29)17-11-16-19(35-13-22(16,4)23(33)9-10-23)18(31-17)14-5-7-15(26)8-6-14/h5-8,11,33-34H,9-10,12-13H2,1-4H3,(H,30,32)/t22-,24?/m0/s1. The molecule has 0 radical (unpaired) electrons. The first kappa shape index (κ1) is 26.2. The van der Waals surface area contributed by atoms with Crippen molar-refractivity contribution in [2.45, 2.75) is 68.9 Å². The summed E-state index contributed by atoms with van der Waals surface area (Å²) in [5.41, 5.74) is -7.19. The lowest BCUT2D eigenvalue weighted by Gasteiger charge is -2.33. The van der Waals surface area contributed by atoms with E-state index in [1.807, 2.05) is 5.32 Å². The van der Waals surface area contributed by atoms with Gasteiger partial charge in [-0.2, -0.15) is 13.2 Å². The van der Waals surface area contributed by atoms with Crippen molar-refractivity contribution < 1.29 is 42.0 Å². The van der Waals surface area contributed by atoms with Gasteiger partial charge in [-0.25, -0.2) is 14.2 Å². The highest BCUT2D eigenvalue weighted by atomic mass is 19.4. The first-order valence-electron chi connectivity index (χ1n) is 11.4. The van der Waals surface area contributed by atoms with Crippen LogP contribution in [0.2, 0.25) is 0 Å². The summed E-state index contributed by atoms with van der Waals surface area (Å²) in [5.74, 6) is -0.407. The largest absolute Gasteiger partial charge is 0.490 e. The minimum absolute atomic E-state index is 0.0151. The summed E-state index contributed by atoms with van der Waals surface area (Å²) in [6.07, 6.45) is -5.54. The van der Waals surface area contributed by atoms with E-state index < -0.39 is 52.5 Å². The lowest BCUT2D eigenvalue weighted by molar-refractivity contribution is -0.265. The van der Waals surface area contributed by atoms with E-state index in [0.29, 0.717) is 12.8 Å². The second-order valence-corrected chi connectivity index (χ2v) is 10.6. The number of fused-ring (bicyclic) bond motifs is 1. The summed E-state index contributed by atoms with van der Waals surface area (Å²) in [7, 11) is 0. The fraction of sp³-hybridized carbons (Fsp3) is 0.520. The van der Waals surface area contributed by atoms with Crippen LogP contribution < -0.4 is 10.1 Å². The summed E-state index contributed by atoms with van der Waals surface area (Å²) in [6.45, 7) is 5.02. The molecule has 1 aromatic carbocycles. The summed E-state index contributed by atoms with van der Waals surface area (Å²) >= 11 is 0. The molecule has 3 N–H and O–H groups in total. The number of aromatic nitrogens is 1. The minimum atomic E-state index is -5.25. The van der Waals surface area contributed by atoms with Crippen molar-refractivity contribution in [3.05, 3.63) is 47.4 Å². The molecule has 1 aliphatic heterocycles. The van der Waals surface area contributed by atoms with Crippen LogP contribution in [0.5, 0.6) is 5.75 Å². The topological polar surface area (TPSA) is 101 Å². The Morgan fingerprint density at radius 3 is 2.33 bits per heavy atom. The van der Waals surface area contributed by atoms with Crippen molar-refractivity contribution >= 4 is 6.09 Å². The molecule has 36 heavy (non-hydrogen) atoms. The van der Waals surface area contributed by atoms with Gasteiger partial charge < -0.3 is 25.0 Å². The molecule has 196 valence electrons. The van der Waals surface area contributed by atoms with Gasteiger partial charge in [0.2, 0.25) is 5.60 Å². The number of carbonyl (C=O) groups excluding carboxylic acids is 1. The number of benzene rings is 1. The Labute approximate surface area is 205 Å². The number of hydrogen-bond acceptors (Lipinski definition) is 6. The van der Waals surface area contributed by atoms with Gasteiger partial charge in [-0.15, -0.1) is 0 Å². The van der Waals surface area contributed by atoms with Gasteiger partial charge in [0.15, 0.2) is 0 Å². The molecule has 2 atom stereocenters. The number of hydrogen-bond donors (Lipinski definition) is 3. The molecule has 11 heteroatoms. The number of ether oxygens (including phenoxy) is 2. The van der Waals surface area contributed by atoms with Crippen LogP contribution in [0.3, 0.4) is 0 Å². The molecule has 2 aliphatic rings. The molecule has 7 nitrogen and oxygen atoms in total. The molecule has 1 unspecified atom stereocenters. The molecule has 1 aliphatic carbocycles. The predicted octanol–water partition coefficient (Wildman–Crippen LogP) is 4.34. The van der Waals surface area contributed by atoms with Gasteiger partial charge in [-0.05, 0) is 70.9 Å². The lowest BCUT2D eigenvalue weighted by Crippen LogP contribution is -2.52. The Balaban J connectivity index is 1.85. The molecular weight excluding hydrogens is 484 g/mol. The number of nitrogens with one attached hydrogen (secondary N) is 1. The number of aliphatic hydroxyl groups is 2. The molecule has 1 amide bonds. The van der Waals surface area contributed by atoms with Crippen LogP contribution in [-0.4, -0.2) is 51.8 Å². The quantitative estimate of drug-likeness (QED) is 0.516. The molecule has 2 aromatic rings. The van der Waals surface area contributed by atoms with Gasteiger partial charge in [0, 0.05) is 11.1 Å². The van der Waals surface area contributed by atoms with Gasteiger partial charge in [0.25, 0.3) is 0 Å². The lowest BCUT2D eigenvalue weighted by atomic mass is 9.76. The van der Waals surface area contributed by atoms with Gasteiger partial charge in [0.05, 0.1) is 23.3 Å². The summed E-state index contributed by atoms with van der Waals surface area (Å²) in [5, 5.41) is 23.9. The van der Waals surface area contributed by atoms with Gasteiger partial charge >= 0.3 is 12.3 Å². The fourth-order valence-corrected chi connectivity index (χ4v) is 4.30. The Bertz CT molecular complexity index is 1170. The van der Waals surface area contributed by atoms with Crippen molar-refractivity contribution in [3.63, 3.8) is 0 Å². The van der Waals surface area contributed by atoms with E-state index in [1.165, 1.54) is 12.1 Å². The van der Waals surface area contributed by atoms with Crippen molar-refractivity contribution in [1.29, 1.82) is 0 Å². The maximum Gasteiger partial charge on any atom is 0.424 e. The van der Waals surface area contributed by atoms with Crippen molar-refractivity contribution in [2.75, 3.05) is 13.2 Å². The number of alkyl carbamates (subject to hydrolysis) is 1. The SMILES string of the molecule is CC(C)(C)OC(=O)NCC(O)(c1cc2c(c(-c3ccc(F)cc3)n1)OC[C@]2(C)C1(O)CC1)C(F)(F)F. The van der Waals surface area contributed by atoms with Crippen LogP contribution in [0.1, 0.15) is 51.8 Å². The summed E-state index contributed by atoms with van der Waals surface area (Å²) in [6, 6.07) is 5.98. The highest BCUT2D eigenvalue weighted by Crippen LogP contribution is 2.58. The number of halogens is 4. The monoisotopic (exact) mass is 512 g/mol. The van der Waals surface area contributed by atoms with E-state index in [2.05, 4.69) is 4.98 Å². The molecule has 1 aromatic heterocycles. The first-order chi connectivity index (χ1) is 16.5.